The Morgan fingerprint density at radius 1 is 1.29 bits per heavy atom. The summed E-state index contributed by atoms with van der Waals surface area (Å²) in [7, 11) is 0. The van der Waals surface area contributed by atoms with Crippen LogP contribution in [0.2, 0.25) is 0 Å². The molecule has 0 bridgehead atoms. The van der Waals surface area contributed by atoms with Gasteiger partial charge in [0.2, 0.25) is 0 Å². The van der Waals surface area contributed by atoms with Crippen molar-refractivity contribution in [1.29, 1.82) is 0 Å². The van der Waals surface area contributed by atoms with E-state index < -0.39 is 0 Å². The van der Waals surface area contributed by atoms with Crippen LogP contribution in [0.1, 0.15) is 33.1 Å². The number of ether oxygens (including phenoxy) is 2. The molecule has 2 saturated heterocycles. The molecule has 0 spiro atoms. The minimum atomic E-state index is -0.0671. The molecule has 0 aromatic rings. The number of carbonyl (C=O) groups is 2. The van der Waals surface area contributed by atoms with Gasteiger partial charge in [-0.3, -0.25) is 9.59 Å². The Morgan fingerprint density at radius 3 is 2.14 bits per heavy atom. The molecular weight excluding hydrogens is 184 g/mol. The summed E-state index contributed by atoms with van der Waals surface area (Å²) >= 11 is 0. The zero-order valence-corrected chi connectivity index (χ0v) is 8.62. The Bertz CT molecular complexity index is 216. The molecule has 2 heterocycles. The molecule has 4 nitrogen and oxygen atoms in total. The first-order valence-electron chi connectivity index (χ1n) is 4.95. The van der Waals surface area contributed by atoms with E-state index in [0.29, 0.717) is 13.0 Å². The lowest BCUT2D eigenvalue weighted by molar-refractivity contribution is -0.167. The van der Waals surface area contributed by atoms with Crippen molar-refractivity contribution in [2.45, 2.75) is 39.2 Å². The van der Waals surface area contributed by atoms with Crippen LogP contribution in [0.15, 0.2) is 0 Å². The maximum Gasteiger partial charge on any atom is 0.309 e. The Labute approximate surface area is 83.6 Å². The van der Waals surface area contributed by atoms with Gasteiger partial charge in [0.25, 0.3) is 0 Å². The van der Waals surface area contributed by atoms with E-state index in [2.05, 4.69) is 4.74 Å². The fraction of sp³-hybridized carbons (Fsp3) is 0.800. The van der Waals surface area contributed by atoms with Crippen molar-refractivity contribution >= 4 is 11.9 Å². The molecule has 0 N–H and O–H groups in total. The molecule has 0 aromatic heterocycles. The summed E-state index contributed by atoms with van der Waals surface area (Å²) in [6, 6.07) is 0. The molecule has 14 heavy (non-hydrogen) atoms. The van der Waals surface area contributed by atoms with Gasteiger partial charge in [0, 0.05) is 0 Å². The van der Waals surface area contributed by atoms with Gasteiger partial charge in [-0.1, -0.05) is 6.92 Å². The molecule has 2 aliphatic heterocycles. The van der Waals surface area contributed by atoms with Gasteiger partial charge < -0.3 is 9.47 Å². The molecule has 2 unspecified atom stereocenters. The largest absolute Gasteiger partial charge is 0.465 e. The highest BCUT2D eigenvalue weighted by molar-refractivity contribution is 5.74. The fourth-order valence-corrected chi connectivity index (χ4v) is 1.27. The van der Waals surface area contributed by atoms with Crippen LogP contribution in [0.4, 0.5) is 0 Å². The van der Waals surface area contributed by atoms with Crippen LogP contribution in [-0.2, 0) is 19.1 Å². The highest BCUT2D eigenvalue weighted by atomic mass is 16.6. The van der Waals surface area contributed by atoms with Gasteiger partial charge in [0.15, 0.2) is 0 Å². The molecule has 2 aliphatic rings. The monoisotopic (exact) mass is 200 g/mol. The van der Waals surface area contributed by atoms with E-state index in [0.717, 1.165) is 12.8 Å². The summed E-state index contributed by atoms with van der Waals surface area (Å²) in [4.78, 5) is 20.5. The zero-order valence-electron chi connectivity index (χ0n) is 8.62. The number of hydrogen-bond acceptors (Lipinski definition) is 4. The third kappa shape index (κ3) is 3.36. The quantitative estimate of drug-likeness (QED) is 0.553. The predicted molar refractivity (Wildman–Crippen MR) is 49.5 cm³/mol. The van der Waals surface area contributed by atoms with Crippen LogP contribution in [-0.4, -0.2) is 24.6 Å². The molecule has 0 aliphatic carbocycles. The Morgan fingerprint density at radius 2 is 1.93 bits per heavy atom. The number of carbonyl (C=O) groups excluding carboxylic acids is 2. The molecule has 0 saturated carbocycles. The van der Waals surface area contributed by atoms with Crippen LogP contribution in [0.3, 0.4) is 0 Å². The van der Waals surface area contributed by atoms with Crippen molar-refractivity contribution in [3.63, 3.8) is 0 Å². The van der Waals surface area contributed by atoms with E-state index in [1.165, 1.54) is 0 Å². The first-order chi connectivity index (χ1) is 6.59. The molecule has 2 rings (SSSR count). The van der Waals surface area contributed by atoms with E-state index in [1.54, 1.807) is 0 Å². The molecule has 80 valence electrons. The standard InChI is InChI=1S/C6H10O2.C4H6O2/c1-5-3-2-4-8-6(5)7;1-3-2-4(5)6-3/h5H,2-4H2,1H3;3H,2H2,1H3. The summed E-state index contributed by atoms with van der Waals surface area (Å²) in [5.74, 6) is 0.0440. The van der Waals surface area contributed by atoms with Gasteiger partial charge in [-0.2, -0.15) is 0 Å². The van der Waals surface area contributed by atoms with E-state index in [9.17, 15) is 9.59 Å². The SMILES string of the molecule is CC1CC(=O)O1.CC1CCCOC1=O. The Kier molecular flexibility index (Phi) is 3.92. The number of cyclic esters (lactones) is 2. The van der Waals surface area contributed by atoms with Crippen molar-refractivity contribution in [1.82, 2.24) is 0 Å². The molecule has 2 fully saturated rings. The lowest BCUT2D eigenvalue weighted by Crippen LogP contribution is -2.29. The Balaban J connectivity index is 0.000000146. The average molecular weight is 200 g/mol. The number of esters is 2. The highest BCUT2D eigenvalue weighted by Crippen LogP contribution is 2.12. The molecule has 0 aromatic carbocycles. The van der Waals surface area contributed by atoms with Gasteiger partial charge in [-0.05, 0) is 19.8 Å². The van der Waals surface area contributed by atoms with Gasteiger partial charge in [-0.15, -0.1) is 0 Å². The number of rotatable bonds is 0. The van der Waals surface area contributed by atoms with Crippen molar-refractivity contribution in [2.24, 2.45) is 5.92 Å². The van der Waals surface area contributed by atoms with Gasteiger partial charge >= 0.3 is 11.9 Å². The third-order valence-corrected chi connectivity index (χ3v) is 2.21. The Hall–Kier alpha value is -1.06. The van der Waals surface area contributed by atoms with Gasteiger partial charge in [0.1, 0.15) is 6.10 Å². The van der Waals surface area contributed by atoms with Crippen molar-refractivity contribution in [2.75, 3.05) is 6.61 Å². The zero-order chi connectivity index (χ0) is 10.6. The second-order valence-electron chi connectivity index (χ2n) is 3.72. The maximum absolute atomic E-state index is 10.6. The summed E-state index contributed by atoms with van der Waals surface area (Å²) in [5, 5.41) is 0. The van der Waals surface area contributed by atoms with Gasteiger partial charge in [-0.25, -0.2) is 0 Å². The van der Waals surface area contributed by atoms with Crippen molar-refractivity contribution in [3.05, 3.63) is 0 Å². The van der Waals surface area contributed by atoms with E-state index in [-0.39, 0.29) is 24.0 Å². The number of hydrogen-bond donors (Lipinski definition) is 0. The van der Waals surface area contributed by atoms with E-state index >= 15 is 0 Å². The predicted octanol–water partition coefficient (Wildman–Crippen LogP) is 1.28. The van der Waals surface area contributed by atoms with Gasteiger partial charge in [0.05, 0.1) is 18.9 Å². The van der Waals surface area contributed by atoms with E-state index in [4.69, 9.17) is 4.74 Å². The second-order valence-corrected chi connectivity index (χ2v) is 3.72. The first-order valence-corrected chi connectivity index (χ1v) is 4.95. The van der Waals surface area contributed by atoms with E-state index in [1.807, 2.05) is 13.8 Å². The molecule has 0 radical (unpaired) electrons. The van der Waals surface area contributed by atoms with Crippen LogP contribution in [0, 0.1) is 5.92 Å². The summed E-state index contributed by atoms with van der Waals surface area (Å²) in [6.07, 6.45) is 2.84. The summed E-state index contributed by atoms with van der Waals surface area (Å²) in [6.45, 7) is 4.41. The minimum Gasteiger partial charge on any atom is -0.465 e. The topological polar surface area (TPSA) is 52.6 Å². The van der Waals surface area contributed by atoms with Crippen molar-refractivity contribution in [3.8, 4) is 0 Å². The first kappa shape index (κ1) is 11.0. The minimum absolute atomic E-state index is 0.0312. The fourth-order valence-electron chi connectivity index (χ4n) is 1.27. The highest BCUT2D eigenvalue weighted by Gasteiger charge is 2.22. The molecule has 4 heteroatoms. The third-order valence-electron chi connectivity index (χ3n) is 2.21. The lowest BCUT2D eigenvalue weighted by Gasteiger charge is -2.20. The van der Waals surface area contributed by atoms with Crippen LogP contribution >= 0.6 is 0 Å². The summed E-state index contributed by atoms with van der Waals surface area (Å²) < 4.78 is 9.25. The normalized spacial score (nSPS) is 30.4. The van der Waals surface area contributed by atoms with Crippen LogP contribution in [0.25, 0.3) is 0 Å². The lowest BCUT2D eigenvalue weighted by atomic mass is 10.0. The smallest absolute Gasteiger partial charge is 0.309 e. The molecule has 0 amide bonds. The molecular formula is C10H16O4. The van der Waals surface area contributed by atoms with Crippen LogP contribution in [0.5, 0.6) is 0 Å². The average Bonchev–Trinajstić information content (AvgIpc) is 2.09. The van der Waals surface area contributed by atoms with Crippen molar-refractivity contribution < 1.29 is 19.1 Å². The van der Waals surface area contributed by atoms with Crippen LogP contribution < -0.4 is 0 Å². The maximum atomic E-state index is 10.6. The molecule has 2 atom stereocenters. The summed E-state index contributed by atoms with van der Waals surface area (Å²) in [5.41, 5.74) is 0. The second kappa shape index (κ2) is 4.98.